The van der Waals surface area contributed by atoms with Gasteiger partial charge in [0.15, 0.2) is 0 Å². The van der Waals surface area contributed by atoms with Crippen LogP contribution in [0.4, 0.5) is 5.69 Å². The first kappa shape index (κ1) is 14.9. The zero-order valence-electron chi connectivity index (χ0n) is 12.7. The maximum absolute atomic E-state index is 12.7. The summed E-state index contributed by atoms with van der Waals surface area (Å²) in [4.78, 5) is 25.7. The molecule has 1 aromatic carbocycles. The van der Waals surface area contributed by atoms with Gasteiger partial charge in [0.2, 0.25) is 0 Å². The zero-order chi connectivity index (χ0) is 15.6. The Kier molecular flexibility index (Phi) is 4.16. The van der Waals surface area contributed by atoms with Gasteiger partial charge in [-0.3, -0.25) is 14.3 Å². The highest BCUT2D eigenvalue weighted by Crippen LogP contribution is 2.16. The molecule has 0 N–H and O–H groups in total. The topological polar surface area (TPSA) is 56.5 Å². The van der Waals surface area contributed by atoms with Gasteiger partial charge in [0.1, 0.15) is 12.2 Å². The fourth-order valence-corrected chi connectivity index (χ4v) is 2.33. The molecular formula is C15H19N3O3. The highest BCUT2D eigenvalue weighted by molar-refractivity contribution is 5.75. The molecule has 21 heavy (non-hydrogen) atoms. The Hall–Kier alpha value is -2.50. The number of nitrogens with zero attached hydrogens (tertiary/aromatic N) is 3. The lowest BCUT2D eigenvalue weighted by Crippen LogP contribution is -2.31. The predicted octanol–water partition coefficient (Wildman–Crippen LogP) is 1.09. The normalized spacial score (nSPS) is 10.5. The molecule has 0 aliphatic carbocycles. The summed E-state index contributed by atoms with van der Waals surface area (Å²) >= 11 is 0. The van der Waals surface area contributed by atoms with Crippen molar-refractivity contribution in [1.29, 1.82) is 0 Å². The Balaban J connectivity index is 2.51. The van der Waals surface area contributed by atoms with E-state index in [9.17, 15) is 9.59 Å². The number of carbonyl (C=O) groups is 1. The second-order valence-electron chi connectivity index (χ2n) is 4.84. The number of esters is 1. The molecule has 0 bridgehead atoms. The van der Waals surface area contributed by atoms with E-state index in [1.165, 1.54) is 7.11 Å². The van der Waals surface area contributed by atoms with Crippen molar-refractivity contribution >= 4 is 11.7 Å². The van der Waals surface area contributed by atoms with E-state index in [1.54, 1.807) is 21.3 Å². The molecule has 0 aliphatic heterocycles. The third-order valence-electron chi connectivity index (χ3n) is 3.50. The highest BCUT2D eigenvalue weighted by Gasteiger charge is 2.20. The second-order valence-corrected chi connectivity index (χ2v) is 4.84. The minimum absolute atomic E-state index is 0.0331. The first-order chi connectivity index (χ1) is 9.97. The molecule has 0 saturated carbocycles. The van der Waals surface area contributed by atoms with Crippen molar-refractivity contribution in [2.75, 3.05) is 25.6 Å². The van der Waals surface area contributed by atoms with Crippen LogP contribution >= 0.6 is 0 Å². The lowest BCUT2D eigenvalue weighted by Gasteiger charge is -2.15. The Morgan fingerprint density at radius 2 is 1.90 bits per heavy atom. The summed E-state index contributed by atoms with van der Waals surface area (Å²) in [5, 5.41) is 0. The van der Waals surface area contributed by atoms with E-state index in [2.05, 4.69) is 4.74 Å². The van der Waals surface area contributed by atoms with E-state index >= 15 is 0 Å². The molecule has 0 spiro atoms. The standard InChI is InChI=1S/C15H19N3O3/c1-11-14(16(2)10-13(19)21-4)15(20)18(17(11)3)12-8-6-5-7-9-12/h5-9H,10H2,1-4H3. The van der Waals surface area contributed by atoms with E-state index in [0.29, 0.717) is 5.69 Å². The van der Waals surface area contributed by atoms with Crippen LogP contribution in [-0.2, 0) is 16.6 Å². The number of anilines is 1. The summed E-state index contributed by atoms with van der Waals surface area (Å²) in [6, 6.07) is 9.38. The number of para-hydroxylation sites is 1. The molecule has 2 rings (SSSR count). The molecule has 6 nitrogen and oxygen atoms in total. The number of carbonyl (C=O) groups excluding carboxylic acids is 1. The van der Waals surface area contributed by atoms with E-state index in [-0.39, 0.29) is 18.1 Å². The minimum atomic E-state index is -0.383. The van der Waals surface area contributed by atoms with Gasteiger partial charge in [-0.05, 0) is 19.1 Å². The van der Waals surface area contributed by atoms with Crippen LogP contribution in [0.2, 0.25) is 0 Å². The molecular weight excluding hydrogens is 270 g/mol. The molecule has 0 radical (unpaired) electrons. The maximum atomic E-state index is 12.7. The molecule has 112 valence electrons. The molecule has 0 unspecified atom stereocenters. The van der Waals surface area contributed by atoms with Gasteiger partial charge in [-0.1, -0.05) is 18.2 Å². The van der Waals surface area contributed by atoms with Crippen LogP contribution < -0.4 is 10.5 Å². The van der Waals surface area contributed by atoms with Gasteiger partial charge >= 0.3 is 5.97 Å². The van der Waals surface area contributed by atoms with Crippen LogP contribution in [0.1, 0.15) is 5.69 Å². The fraction of sp³-hybridized carbons (Fsp3) is 0.333. The van der Waals surface area contributed by atoms with Gasteiger partial charge in [-0.2, -0.15) is 0 Å². The van der Waals surface area contributed by atoms with Crippen molar-refractivity contribution < 1.29 is 9.53 Å². The smallest absolute Gasteiger partial charge is 0.325 e. The lowest BCUT2D eigenvalue weighted by molar-refractivity contribution is -0.138. The first-order valence-corrected chi connectivity index (χ1v) is 6.59. The van der Waals surface area contributed by atoms with Crippen molar-refractivity contribution in [3.05, 3.63) is 46.4 Å². The molecule has 0 saturated heterocycles. The monoisotopic (exact) mass is 289 g/mol. The van der Waals surface area contributed by atoms with Gasteiger partial charge in [0.05, 0.1) is 18.5 Å². The van der Waals surface area contributed by atoms with Crippen molar-refractivity contribution in [2.24, 2.45) is 7.05 Å². The SMILES string of the molecule is COC(=O)CN(C)c1c(C)n(C)n(-c2ccccc2)c1=O. The first-order valence-electron chi connectivity index (χ1n) is 6.59. The van der Waals surface area contributed by atoms with Crippen molar-refractivity contribution in [3.8, 4) is 5.69 Å². The number of likely N-dealkylation sites (N-methyl/N-ethyl adjacent to an activating group) is 1. The summed E-state index contributed by atoms with van der Waals surface area (Å²) in [5.74, 6) is -0.383. The average molecular weight is 289 g/mol. The van der Waals surface area contributed by atoms with Crippen LogP contribution in [0.25, 0.3) is 5.69 Å². The van der Waals surface area contributed by atoms with Gasteiger partial charge in [-0.25, -0.2) is 4.68 Å². The van der Waals surface area contributed by atoms with E-state index in [1.807, 2.05) is 44.3 Å². The van der Waals surface area contributed by atoms with Crippen molar-refractivity contribution in [2.45, 2.75) is 6.92 Å². The molecule has 0 atom stereocenters. The Morgan fingerprint density at radius 3 is 2.48 bits per heavy atom. The predicted molar refractivity (Wildman–Crippen MR) is 81.0 cm³/mol. The minimum Gasteiger partial charge on any atom is -0.468 e. The fourth-order valence-electron chi connectivity index (χ4n) is 2.33. The Labute approximate surface area is 123 Å². The van der Waals surface area contributed by atoms with Crippen LogP contribution in [0.3, 0.4) is 0 Å². The lowest BCUT2D eigenvalue weighted by atomic mass is 10.3. The van der Waals surface area contributed by atoms with E-state index in [0.717, 1.165) is 11.4 Å². The third-order valence-corrected chi connectivity index (χ3v) is 3.50. The highest BCUT2D eigenvalue weighted by atomic mass is 16.5. The maximum Gasteiger partial charge on any atom is 0.325 e. The number of benzene rings is 1. The summed E-state index contributed by atoms with van der Waals surface area (Å²) in [6.07, 6.45) is 0. The largest absolute Gasteiger partial charge is 0.468 e. The van der Waals surface area contributed by atoms with E-state index in [4.69, 9.17) is 0 Å². The molecule has 6 heteroatoms. The molecule has 0 aliphatic rings. The van der Waals surface area contributed by atoms with Crippen LogP contribution in [-0.4, -0.2) is 36.0 Å². The molecule has 0 amide bonds. The number of hydrogen-bond acceptors (Lipinski definition) is 4. The number of rotatable bonds is 4. The van der Waals surface area contributed by atoms with Gasteiger partial charge < -0.3 is 9.64 Å². The van der Waals surface area contributed by atoms with Gasteiger partial charge in [0.25, 0.3) is 5.56 Å². The number of methoxy groups -OCH3 is 1. The Bertz CT molecular complexity index is 701. The Morgan fingerprint density at radius 1 is 1.29 bits per heavy atom. The summed E-state index contributed by atoms with van der Waals surface area (Å²) < 4.78 is 8.01. The molecule has 1 heterocycles. The number of ether oxygens (including phenoxy) is 1. The summed E-state index contributed by atoms with van der Waals surface area (Å²) in [5.41, 5.74) is 1.90. The summed E-state index contributed by atoms with van der Waals surface area (Å²) in [7, 11) is 4.85. The third kappa shape index (κ3) is 2.69. The zero-order valence-corrected chi connectivity index (χ0v) is 12.7. The van der Waals surface area contributed by atoms with E-state index < -0.39 is 0 Å². The van der Waals surface area contributed by atoms with Crippen molar-refractivity contribution in [1.82, 2.24) is 9.36 Å². The molecule has 1 aromatic heterocycles. The number of aromatic nitrogens is 2. The summed E-state index contributed by atoms with van der Waals surface area (Å²) in [6.45, 7) is 1.88. The number of hydrogen-bond donors (Lipinski definition) is 0. The van der Waals surface area contributed by atoms with Crippen LogP contribution in [0.5, 0.6) is 0 Å². The molecule has 0 fully saturated rings. The van der Waals surface area contributed by atoms with Crippen LogP contribution in [0, 0.1) is 6.92 Å². The second kappa shape index (κ2) is 5.87. The van der Waals surface area contributed by atoms with Gasteiger partial charge in [0, 0.05) is 14.1 Å². The average Bonchev–Trinajstić information content (AvgIpc) is 2.70. The molecule has 2 aromatic rings. The van der Waals surface area contributed by atoms with Gasteiger partial charge in [-0.15, -0.1) is 0 Å². The van der Waals surface area contributed by atoms with Crippen molar-refractivity contribution in [3.63, 3.8) is 0 Å². The quantitative estimate of drug-likeness (QED) is 0.791. The van der Waals surface area contributed by atoms with Crippen LogP contribution in [0.15, 0.2) is 35.1 Å².